The van der Waals surface area contributed by atoms with Crippen LogP contribution in [-0.4, -0.2) is 0 Å². The van der Waals surface area contributed by atoms with Gasteiger partial charge in [-0.3, -0.25) is 0 Å². The van der Waals surface area contributed by atoms with Crippen LogP contribution in [0, 0.1) is 17.1 Å². The van der Waals surface area contributed by atoms with Crippen molar-refractivity contribution in [2.24, 2.45) is 0 Å². The van der Waals surface area contributed by atoms with Crippen LogP contribution < -0.4 is 10.5 Å². The highest BCUT2D eigenvalue weighted by atomic mass is 19.1. The molecule has 2 N–H and O–H groups in total. The SMILES string of the molecule is N#CCc1cc(Oc2cccc(F)c2)ccc1N. The van der Waals surface area contributed by atoms with Crippen molar-refractivity contribution >= 4 is 5.69 Å². The van der Waals surface area contributed by atoms with Gasteiger partial charge in [0.15, 0.2) is 0 Å². The fourth-order valence-electron chi connectivity index (χ4n) is 1.55. The summed E-state index contributed by atoms with van der Waals surface area (Å²) in [7, 11) is 0. The normalized spacial score (nSPS) is 9.78. The van der Waals surface area contributed by atoms with Crippen LogP contribution in [0.5, 0.6) is 11.5 Å². The summed E-state index contributed by atoms with van der Waals surface area (Å²) in [6, 6.07) is 12.9. The molecule has 0 aromatic heterocycles. The molecule has 0 aliphatic rings. The fraction of sp³-hybridized carbons (Fsp3) is 0.0714. The van der Waals surface area contributed by atoms with Gasteiger partial charge >= 0.3 is 0 Å². The van der Waals surface area contributed by atoms with Gasteiger partial charge in [-0.2, -0.15) is 5.26 Å². The molecule has 2 aromatic carbocycles. The van der Waals surface area contributed by atoms with Crippen LogP contribution in [0.4, 0.5) is 10.1 Å². The third-order valence-electron chi connectivity index (χ3n) is 2.42. The lowest BCUT2D eigenvalue weighted by Crippen LogP contribution is -1.94. The van der Waals surface area contributed by atoms with E-state index in [1.165, 1.54) is 12.1 Å². The molecule has 0 heterocycles. The van der Waals surface area contributed by atoms with Crippen molar-refractivity contribution in [3.8, 4) is 17.6 Å². The Labute approximate surface area is 104 Å². The molecule has 2 rings (SSSR count). The summed E-state index contributed by atoms with van der Waals surface area (Å²) in [5, 5.41) is 8.67. The van der Waals surface area contributed by atoms with Crippen molar-refractivity contribution in [2.75, 3.05) is 5.73 Å². The first-order chi connectivity index (χ1) is 8.69. The standard InChI is InChI=1S/C14H11FN2O/c15-11-2-1-3-12(9-11)18-13-4-5-14(17)10(8-13)6-7-16/h1-5,8-9H,6,17H2. The average Bonchev–Trinajstić information content (AvgIpc) is 2.34. The van der Waals surface area contributed by atoms with Crippen LogP contribution in [0.2, 0.25) is 0 Å². The van der Waals surface area contributed by atoms with Crippen molar-refractivity contribution < 1.29 is 9.13 Å². The second-order valence-electron chi connectivity index (χ2n) is 3.75. The third kappa shape index (κ3) is 2.77. The fourth-order valence-corrected chi connectivity index (χ4v) is 1.55. The summed E-state index contributed by atoms with van der Waals surface area (Å²) in [4.78, 5) is 0. The number of hydrogen-bond donors (Lipinski definition) is 1. The molecule has 3 nitrogen and oxygen atoms in total. The second kappa shape index (κ2) is 5.19. The number of nitriles is 1. The minimum Gasteiger partial charge on any atom is -0.457 e. The minimum atomic E-state index is -0.361. The number of ether oxygens (including phenoxy) is 1. The molecule has 0 unspecified atom stereocenters. The molecule has 0 atom stereocenters. The first kappa shape index (κ1) is 11.9. The van der Waals surface area contributed by atoms with Gasteiger partial charge in [-0.05, 0) is 35.9 Å². The highest BCUT2D eigenvalue weighted by molar-refractivity contribution is 5.52. The lowest BCUT2D eigenvalue weighted by Gasteiger charge is -2.08. The molecule has 0 saturated carbocycles. The van der Waals surface area contributed by atoms with E-state index < -0.39 is 0 Å². The summed E-state index contributed by atoms with van der Waals surface area (Å²) < 4.78 is 18.5. The van der Waals surface area contributed by atoms with Crippen LogP contribution in [0.3, 0.4) is 0 Å². The molecule has 0 spiro atoms. The molecule has 0 fully saturated rings. The van der Waals surface area contributed by atoms with E-state index in [1.807, 2.05) is 6.07 Å². The van der Waals surface area contributed by atoms with Gasteiger partial charge in [0, 0.05) is 11.8 Å². The highest BCUT2D eigenvalue weighted by Crippen LogP contribution is 2.25. The molecule has 0 radical (unpaired) electrons. The van der Waals surface area contributed by atoms with Crippen LogP contribution in [-0.2, 0) is 6.42 Å². The van der Waals surface area contributed by atoms with Crippen molar-refractivity contribution in [1.29, 1.82) is 5.26 Å². The molecule has 0 aliphatic heterocycles. The smallest absolute Gasteiger partial charge is 0.130 e. The lowest BCUT2D eigenvalue weighted by molar-refractivity contribution is 0.476. The number of nitrogens with two attached hydrogens (primary N) is 1. The molecular weight excluding hydrogens is 231 g/mol. The second-order valence-corrected chi connectivity index (χ2v) is 3.75. The summed E-state index contributed by atoms with van der Waals surface area (Å²) in [5.74, 6) is 0.572. The predicted molar refractivity (Wildman–Crippen MR) is 66.6 cm³/mol. The summed E-state index contributed by atoms with van der Waals surface area (Å²) in [6.45, 7) is 0. The summed E-state index contributed by atoms with van der Waals surface area (Å²) >= 11 is 0. The van der Waals surface area contributed by atoms with Gasteiger partial charge in [0.1, 0.15) is 17.3 Å². The molecule has 0 saturated heterocycles. The molecule has 0 amide bonds. The van der Waals surface area contributed by atoms with Gasteiger partial charge in [-0.1, -0.05) is 6.07 Å². The van der Waals surface area contributed by atoms with Crippen molar-refractivity contribution in [3.05, 3.63) is 53.8 Å². The maximum Gasteiger partial charge on any atom is 0.130 e. The Kier molecular flexibility index (Phi) is 3.44. The average molecular weight is 242 g/mol. The van der Waals surface area contributed by atoms with Crippen LogP contribution in [0.1, 0.15) is 5.56 Å². The van der Waals surface area contributed by atoms with Gasteiger partial charge in [-0.25, -0.2) is 4.39 Å². The Hall–Kier alpha value is -2.54. The molecule has 0 aliphatic carbocycles. The zero-order valence-electron chi connectivity index (χ0n) is 9.56. The number of anilines is 1. The number of nitrogens with zero attached hydrogens (tertiary/aromatic N) is 1. The van der Waals surface area contributed by atoms with E-state index >= 15 is 0 Å². The molecule has 90 valence electrons. The van der Waals surface area contributed by atoms with Crippen molar-refractivity contribution in [1.82, 2.24) is 0 Å². The zero-order valence-corrected chi connectivity index (χ0v) is 9.56. The third-order valence-corrected chi connectivity index (χ3v) is 2.42. The van der Waals surface area contributed by atoms with E-state index in [1.54, 1.807) is 30.3 Å². The number of hydrogen-bond acceptors (Lipinski definition) is 3. The predicted octanol–water partition coefficient (Wildman–Crippen LogP) is 3.27. The lowest BCUT2D eigenvalue weighted by atomic mass is 10.1. The largest absolute Gasteiger partial charge is 0.457 e. The molecule has 2 aromatic rings. The van der Waals surface area contributed by atoms with E-state index in [9.17, 15) is 4.39 Å². The number of halogens is 1. The Morgan fingerprint density at radius 3 is 2.67 bits per heavy atom. The van der Waals surface area contributed by atoms with E-state index in [0.717, 1.165) is 0 Å². The summed E-state index contributed by atoms with van der Waals surface area (Å²) in [6.07, 6.45) is 0.214. The van der Waals surface area contributed by atoms with Crippen molar-refractivity contribution in [2.45, 2.75) is 6.42 Å². The molecule has 0 bridgehead atoms. The molecule has 18 heavy (non-hydrogen) atoms. The molecule has 4 heteroatoms. The number of nitrogen functional groups attached to an aromatic ring is 1. The van der Waals surface area contributed by atoms with Gasteiger partial charge < -0.3 is 10.5 Å². The number of rotatable bonds is 3. The maximum atomic E-state index is 13.0. The summed E-state index contributed by atoms with van der Waals surface area (Å²) in [5.41, 5.74) is 6.97. The highest BCUT2D eigenvalue weighted by Gasteiger charge is 2.03. The van der Waals surface area contributed by atoms with Crippen LogP contribution >= 0.6 is 0 Å². The van der Waals surface area contributed by atoms with E-state index in [0.29, 0.717) is 22.7 Å². The minimum absolute atomic E-state index is 0.214. The monoisotopic (exact) mass is 242 g/mol. The first-order valence-corrected chi connectivity index (χ1v) is 5.38. The maximum absolute atomic E-state index is 13.0. The van der Waals surface area contributed by atoms with Crippen LogP contribution in [0.25, 0.3) is 0 Å². The van der Waals surface area contributed by atoms with Gasteiger partial charge in [0.2, 0.25) is 0 Å². The zero-order chi connectivity index (χ0) is 13.0. The van der Waals surface area contributed by atoms with Crippen LogP contribution in [0.15, 0.2) is 42.5 Å². The van der Waals surface area contributed by atoms with Gasteiger partial charge in [0.05, 0.1) is 12.5 Å². The van der Waals surface area contributed by atoms with E-state index in [-0.39, 0.29) is 12.2 Å². The van der Waals surface area contributed by atoms with E-state index in [4.69, 9.17) is 15.7 Å². The van der Waals surface area contributed by atoms with Gasteiger partial charge in [0.25, 0.3) is 0 Å². The van der Waals surface area contributed by atoms with Gasteiger partial charge in [-0.15, -0.1) is 0 Å². The first-order valence-electron chi connectivity index (χ1n) is 5.38. The van der Waals surface area contributed by atoms with E-state index in [2.05, 4.69) is 0 Å². The molecular formula is C14H11FN2O. The Morgan fingerprint density at radius 1 is 1.17 bits per heavy atom. The Bertz CT molecular complexity index is 605. The quantitative estimate of drug-likeness (QED) is 0.840. The van der Waals surface area contributed by atoms with Crippen molar-refractivity contribution in [3.63, 3.8) is 0 Å². The Balaban J connectivity index is 2.24. The Morgan fingerprint density at radius 2 is 1.94 bits per heavy atom. The number of benzene rings is 2. The topological polar surface area (TPSA) is 59.0 Å².